The van der Waals surface area contributed by atoms with Gasteiger partial charge in [-0.1, -0.05) is 25.1 Å². The van der Waals surface area contributed by atoms with Crippen molar-refractivity contribution in [2.24, 2.45) is 0 Å². The number of benzene rings is 1. The van der Waals surface area contributed by atoms with Gasteiger partial charge < -0.3 is 10.6 Å². The van der Waals surface area contributed by atoms with E-state index >= 15 is 0 Å². The van der Waals surface area contributed by atoms with Crippen LogP contribution >= 0.6 is 0 Å². The zero-order valence-electron chi connectivity index (χ0n) is 10.0. The molecule has 0 aliphatic rings. The summed E-state index contributed by atoms with van der Waals surface area (Å²) in [5.41, 5.74) is 0.657. The van der Waals surface area contributed by atoms with Crippen molar-refractivity contribution < 1.29 is 9.59 Å². The Hall–Kier alpha value is -1.84. The summed E-state index contributed by atoms with van der Waals surface area (Å²) >= 11 is 0. The second-order valence-electron chi connectivity index (χ2n) is 3.68. The minimum Gasteiger partial charge on any atom is -0.356 e. The fraction of sp³-hybridized carbons (Fsp3) is 0.385. The van der Waals surface area contributed by atoms with Crippen molar-refractivity contribution in [3.05, 3.63) is 35.9 Å². The number of nitrogens with one attached hydrogen (secondary N) is 2. The summed E-state index contributed by atoms with van der Waals surface area (Å²) in [6.07, 6.45) is 1.24. The van der Waals surface area contributed by atoms with Crippen LogP contribution in [0.3, 0.4) is 0 Å². The van der Waals surface area contributed by atoms with Crippen LogP contribution in [0.25, 0.3) is 0 Å². The Morgan fingerprint density at radius 1 is 1.06 bits per heavy atom. The highest BCUT2D eigenvalue weighted by Crippen LogP contribution is 1.97. The fourth-order valence-electron chi connectivity index (χ4n) is 1.33. The molecule has 0 aliphatic carbocycles. The van der Waals surface area contributed by atoms with E-state index in [1.165, 1.54) is 0 Å². The molecule has 0 saturated heterocycles. The molecular formula is C13H18N2O2. The molecule has 2 amide bonds. The van der Waals surface area contributed by atoms with Crippen LogP contribution in [0.2, 0.25) is 0 Å². The summed E-state index contributed by atoms with van der Waals surface area (Å²) in [5.74, 6) is -0.0354. The van der Waals surface area contributed by atoms with Crippen LogP contribution in [0.1, 0.15) is 30.1 Å². The first-order chi connectivity index (χ1) is 8.24. The van der Waals surface area contributed by atoms with E-state index in [4.69, 9.17) is 0 Å². The third-order valence-corrected chi connectivity index (χ3v) is 2.32. The summed E-state index contributed by atoms with van der Waals surface area (Å²) in [7, 11) is 0. The molecule has 0 aromatic heterocycles. The molecule has 2 N–H and O–H groups in total. The number of carbonyl (C=O) groups is 2. The van der Waals surface area contributed by atoms with Crippen LogP contribution in [0.15, 0.2) is 30.3 Å². The molecule has 0 aliphatic heterocycles. The van der Waals surface area contributed by atoms with Crippen molar-refractivity contribution in [2.75, 3.05) is 13.1 Å². The predicted octanol–water partition coefficient (Wildman–Crippen LogP) is 1.33. The van der Waals surface area contributed by atoms with E-state index in [2.05, 4.69) is 10.6 Å². The summed E-state index contributed by atoms with van der Waals surface area (Å²) in [5, 5.41) is 5.56. The zero-order chi connectivity index (χ0) is 12.5. The van der Waals surface area contributed by atoms with Gasteiger partial charge in [-0.2, -0.15) is 0 Å². The van der Waals surface area contributed by atoms with E-state index in [1.54, 1.807) is 12.1 Å². The van der Waals surface area contributed by atoms with Gasteiger partial charge in [0.05, 0.1) is 0 Å². The summed E-state index contributed by atoms with van der Waals surface area (Å²) in [6, 6.07) is 9.08. The normalized spacial score (nSPS) is 9.71. The zero-order valence-corrected chi connectivity index (χ0v) is 10.0. The van der Waals surface area contributed by atoms with E-state index < -0.39 is 0 Å². The first-order valence-corrected chi connectivity index (χ1v) is 5.84. The maximum Gasteiger partial charge on any atom is 0.251 e. The first-order valence-electron chi connectivity index (χ1n) is 5.84. The van der Waals surface area contributed by atoms with Crippen LogP contribution < -0.4 is 10.6 Å². The topological polar surface area (TPSA) is 58.2 Å². The van der Waals surface area contributed by atoms with Crippen molar-refractivity contribution in [3.63, 3.8) is 0 Å². The summed E-state index contributed by atoms with van der Waals surface area (Å²) in [4.78, 5) is 22.5. The molecule has 0 unspecified atom stereocenters. The van der Waals surface area contributed by atoms with Gasteiger partial charge in [0.2, 0.25) is 5.91 Å². The van der Waals surface area contributed by atoms with Gasteiger partial charge in [-0.15, -0.1) is 0 Å². The molecule has 0 atom stereocenters. The van der Waals surface area contributed by atoms with Gasteiger partial charge in [0, 0.05) is 25.1 Å². The average molecular weight is 234 g/mol. The monoisotopic (exact) mass is 234 g/mol. The molecule has 0 spiro atoms. The molecule has 92 valence electrons. The largest absolute Gasteiger partial charge is 0.356 e. The molecule has 0 fully saturated rings. The lowest BCUT2D eigenvalue weighted by molar-refractivity contribution is -0.120. The first kappa shape index (κ1) is 13.2. The lowest BCUT2D eigenvalue weighted by Gasteiger charge is -2.06. The Labute approximate surface area is 101 Å². The van der Waals surface area contributed by atoms with Gasteiger partial charge in [0.1, 0.15) is 0 Å². The number of hydrogen-bond donors (Lipinski definition) is 2. The molecule has 1 aromatic carbocycles. The molecule has 1 rings (SSSR count). The Morgan fingerprint density at radius 3 is 2.35 bits per heavy atom. The summed E-state index contributed by atoms with van der Waals surface area (Å²) < 4.78 is 0. The SMILES string of the molecule is CCC(=O)NCCCNC(=O)c1ccccc1. The van der Waals surface area contributed by atoms with Crippen LogP contribution in [-0.2, 0) is 4.79 Å². The van der Waals surface area contributed by atoms with Crippen molar-refractivity contribution in [1.29, 1.82) is 0 Å². The maximum absolute atomic E-state index is 11.6. The average Bonchev–Trinajstić information content (AvgIpc) is 2.38. The molecule has 0 saturated carbocycles. The molecular weight excluding hydrogens is 216 g/mol. The van der Waals surface area contributed by atoms with Gasteiger partial charge >= 0.3 is 0 Å². The lowest BCUT2D eigenvalue weighted by atomic mass is 10.2. The van der Waals surface area contributed by atoms with Crippen LogP contribution in [0.4, 0.5) is 0 Å². The minimum absolute atomic E-state index is 0.0411. The molecule has 0 heterocycles. The second-order valence-corrected chi connectivity index (χ2v) is 3.68. The van der Waals surface area contributed by atoms with Gasteiger partial charge in [-0.05, 0) is 18.6 Å². The third-order valence-electron chi connectivity index (χ3n) is 2.32. The van der Waals surface area contributed by atoms with Crippen LogP contribution in [0, 0.1) is 0 Å². The standard InChI is InChI=1S/C13H18N2O2/c1-2-12(16)14-9-6-10-15-13(17)11-7-4-3-5-8-11/h3-5,7-8H,2,6,9-10H2,1H3,(H,14,16)(H,15,17). The van der Waals surface area contributed by atoms with E-state index in [0.717, 1.165) is 6.42 Å². The van der Waals surface area contributed by atoms with Crippen LogP contribution in [0.5, 0.6) is 0 Å². The molecule has 0 bridgehead atoms. The van der Waals surface area contributed by atoms with Gasteiger partial charge in [0.15, 0.2) is 0 Å². The highest BCUT2D eigenvalue weighted by molar-refractivity contribution is 5.94. The number of carbonyl (C=O) groups excluding carboxylic acids is 2. The van der Waals surface area contributed by atoms with E-state index in [-0.39, 0.29) is 11.8 Å². The van der Waals surface area contributed by atoms with Gasteiger partial charge in [-0.3, -0.25) is 9.59 Å². The second kappa shape index (κ2) is 7.44. The Morgan fingerprint density at radius 2 is 1.71 bits per heavy atom. The van der Waals surface area contributed by atoms with Crippen LogP contribution in [-0.4, -0.2) is 24.9 Å². The van der Waals surface area contributed by atoms with E-state index in [0.29, 0.717) is 25.1 Å². The van der Waals surface area contributed by atoms with E-state index in [9.17, 15) is 9.59 Å². The van der Waals surface area contributed by atoms with Gasteiger partial charge in [-0.25, -0.2) is 0 Å². The maximum atomic E-state index is 11.6. The lowest BCUT2D eigenvalue weighted by Crippen LogP contribution is -2.29. The Kier molecular flexibility index (Phi) is 5.79. The van der Waals surface area contributed by atoms with Crippen molar-refractivity contribution >= 4 is 11.8 Å². The number of rotatable bonds is 6. The highest BCUT2D eigenvalue weighted by atomic mass is 16.2. The Bertz CT molecular complexity index is 363. The predicted molar refractivity (Wildman–Crippen MR) is 66.7 cm³/mol. The third kappa shape index (κ3) is 5.15. The quantitative estimate of drug-likeness (QED) is 0.730. The van der Waals surface area contributed by atoms with Gasteiger partial charge in [0.25, 0.3) is 5.91 Å². The molecule has 4 nitrogen and oxygen atoms in total. The highest BCUT2D eigenvalue weighted by Gasteiger charge is 2.02. The van der Waals surface area contributed by atoms with E-state index in [1.807, 2.05) is 25.1 Å². The minimum atomic E-state index is -0.0765. The Balaban J connectivity index is 2.15. The summed E-state index contributed by atoms with van der Waals surface area (Å²) in [6.45, 7) is 2.98. The molecule has 17 heavy (non-hydrogen) atoms. The fourth-order valence-corrected chi connectivity index (χ4v) is 1.33. The molecule has 4 heteroatoms. The molecule has 1 aromatic rings. The number of amides is 2. The number of hydrogen-bond acceptors (Lipinski definition) is 2. The van der Waals surface area contributed by atoms with Crippen molar-refractivity contribution in [3.8, 4) is 0 Å². The van der Waals surface area contributed by atoms with Crippen molar-refractivity contribution in [1.82, 2.24) is 10.6 Å². The van der Waals surface area contributed by atoms with Crippen molar-refractivity contribution in [2.45, 2.75) is 19.8 Å². The smallest absolute Gasteiger partial charge is 0.251 e. The molecule has 0 radical (unpaired) electrons.